The molecule has 2 fully saturated rings. The first-order valence-electron chi connectivity index (χ1n) is 10.6. The molecule has 170 valence electrons. The van der Waals surface area contributed by atoms with Crippen LogP contribution in [-0.2, 0) is 0 Å². The van der Waals surface area contributed by atoms with Crippen LogP contribution >= 0.6 is 11.3 Å². The molecule has 0 spiro atoms. The lowest BCUT2D eigenvalue weighted by Crippen LogP contribution is -2.68. The highest BCUT2D eigenvalue weighted by Crippen LogP contribution is 2.45. The monoisotopic (exact) mass is 461 g/mol. The van der Waals surface area contributed by atoms with E-state index in [1.807, 2.05) is 37.1 Å². The van der Waals surface area contributed by atoms with Gasteiger partial charge in [-0.25, -0.2) is 13.5 Å². The Morgan fingerprint density at radius 2 is 2.03 bits per heavy atom. The molecule has 2 bridgehead atoms. The van der Waals surface area contributed by atoms with Gasteiger partial charge in [0.1, 0.15) is 24.2 Å². The molecule has 0 aliphatic carbocycles. The first-order valence-corrected chi connectivity index (χ1v) is 11.4. The van der Waals surface area contributed by atoms with Gasteiger partial charge in [-0.15, -0.1) is 5.10 Å². The minimum Gasteiger partial charge on any atom is -0.507 e. The largest absolute Gasteiger partial charge is 0.507 e. The zero-order valence-electron chi connectivity index (χ0n) is 18.1. The van der Waals surface area contributed by atoms with Crippen molar-refractivity contribution >= 4 is 11.3 Å². The van der Waals surface area contributed by atoms with Gasteiger partial charge in [-0.2, -0.15) is 5.10 Å². The van der Waals surface area contributed by atoms with Crippen LogP contribution in [0.5, 0.6) is 10.9 Å². The van der Waals surface area contributed by atoms with Gasteiger partial charge in [0.15, 0.2) is 5.01 Å². The molecule has 2 saturated heterocycles. The number of aromatic nitrogens is 4. The van der Waals surface area contributed by atoms with Crippen LogP contribution in [-0.4, -0.2) is 67.1 Å². The number of piperidine rings is 2. The first kappa shape index (κ1) is 21.3. The quantitative estimate of drug-likeness (QED) is 0.631. The van der Waals surface area contributed by atoms with Crippen molar-refractivity contribution in [3.8, 4) is 27.2 Å². The lowest BCUT2D eigenvalue weighted by atomic mass is 9.72. The fourth-order valence-electron chi connectivity index (χ4n) is 4.84. The van der Waals surface area contributed by atoms with Crippen LogP contribution in [0.25, 0.3) is 16.3 Å². The summed E-state index contributed by atoms with van der Waals surface area (Å²) in [7, 11) is 1.79. The summed E-state index contributed by atoms with van der Waals surface area (Å²) in [6.07, 6.45) is -0.128. The van der Waals surface area contributed by atoms with Crippen molar-refractivity contribution in [2.24, 2.45) is 0 Å². The topological polar surface area (TPSA) is 76.3 Å². The van der Waals surface area contributed by atoms with Gasteiger partial charge >= 0.3 is 0 Å². The summed E-state index contributed by atoms with van der Waals surface area (Å²) in [5, 5.41) is 24.0. The number of nitrogens with zero attached hydrogens (tertiary/aromatic N) is 5. The summed E-state index contributed by atoms with van der Waals surface area (Å²) >= 11 is 1.20. The van der Waals surface area contributed by atoms with Crippen molar-refractivity contribution < 1.29 is 18.6 Å². The molecule has 1 aromatic carbocycles. The van der Waals surface area contributed by atoms with E-state index in [0.29, 0.717) is 28.6 Å². The number of phenolic OH excluding ortho intramolecular Hbond substituents is 1. The molecule has 32 heavy (non-hydrogen) atoms. The van der Waals surface area contributed by atoms with Gasteiger partial charge in [-0.05, 0) is 39.1 Å². The average Bonchev–Trinajstić information content (AvgIpc) is 3.38. The summed E-state index contributed by atoms with van der Waals surface area (Å²) < 4.78 is 36.9. The second-order valence-corrected chi connectivity index (χ2v) is 9.85. The van der Waals surface area contributed by atoms with E-state index in [-0.39, 0.29) is 24.3 Å². The Bertz CT molecular complexity index is 1140. The predicted molar refractivity (Wildman–Crippen MR) is 117 cm³/mol. The lowest BCUT2D eigenvalue weighted by Gasteiger charge is -2.55. The molecule has 0 saturated carbocycles. The number of hydrogen-bond acceptors (Lipinski definition) is 7. The minimum absolute atomic E-state index is 0.0558. The highest BCUT2D eigenvalue weighted by Gasteiger charge is 2.55. The summed E-state index contributed by atoms with van der Waals surface area (Å²) in [6, 6.07) is 6.72. The van der Waals surface area contributed by atoms with Crippen molar-refractivity contribution in [1.82, 2.24) is 24.9 Å². The van der Waals surface area contributed by atoms with Crippen molar-refractivity contribution in [3.63, 3.8) is 0 Å². The summed E-state index contributed by atoms with van der Waals surface area (Å²) in [6.45, 7) is 3.73. The van der Waals surface area contributed by atoms with Crippen molar-refractivity contribution in [2.45, 2.75) is 63.1 Å². The van der Waals surface area contributed by atoms with Gasteiger partial charge in [0.25, 0.3) is 5.19 Å². The normalized spacial score (nSPS) is 30.4. The van der Waals surface area contributed by atoms with Gasteiger partial charge < -0.3 is 9.84 Å². The number of ether oxygens (including phenoxy) is 1. The number of fused-ring (bicyclic) bond motifs is 2. The molecule has 3 aromatic rings. The Hall–Kier alpha value is -2.59. The van der Waals surface area contributed by atoms with E-state index < -0.39 is 17.9 Å². The van der Waals surface area contributed by atoms with E-state index in [4.69, 9.17) is 4.74 Å². The number of benzene rings is 1. The van der Waals surface area contributed by atoms with Gasteiger partial charge in [0, 0.05) is 37.6 Å². The molecular weight excluding hydrogens is 436 g/mol. The molecule has 7 nitrogen and oxygen atoms in total. The molecule has 0 radical (unpaired) electrons. The number of aromatic hydroxyl groups is 1. The lowest BCUT2D eigenvalue weighted by molar-refractivity contribution is -0.126. The van der Waals surface area contributed by atoms with Crippen LogP contribution in [0, 0.1) is 6.92 Å². The van der Waals surface area contributed by atoms with E-state index in [0.717, 1.165) is 11.4 Å². The highest BCUT2D eigenvalue weighted by molar-refractivity contribution is 7.16. The number of aryl methyl sites for hydroxylation is 1. The summed E-state index contributed by atoms with van der Waals surface area (Å²) in [4.78, 5) is 1.83. The summed E-state index contributed by atoms with van der Waals surface area (Å²) in [5.74, 6) is 0.0558. The number of alkyl halides is 2. The Kier molecular flexibility index (Phi) is 5.16. The molecule has 2 aliphatic heterocycles. The van der Waals surface area contributed by atoms with E-state index >= 15 is 0 Å². The minimum atomic E-state index is -1.25. The van der Waals surface area contributed by atoms with Gasteiger partial charge in [0.05, 0.1) is 22.5 Å². The molecule has 2 aliphatic rings. The third-order valence-corrected chi connectivity index (χ3v) is 7.69. The molecule has 5 rings (SSSR count). The molecule has 4 heterocycles. The molecular formula is C22H25F2N5O2S. The van der Waals surface area contributed by atoms with E-state index in [1.165, 1.54) is 11.3 Å². The number of hydrogen-bond donors (Lipinski definition) is 1. The molecule has 2 aromatic heterocycles. The fraction of sp³-hybridized carbons (Fsp3) is 0.500. The zero-order valence-corrected chi connectivity index (χ0v) is 18.9. The number of halogens is 2. The van der Waals surface area contributed by atoms with Crippen molar-refractivity contribution in [2.75, 3.05) is 7.05 Å². The molecule has 1 N–H and O–H groups in total. The predicted octanol–water partition coefficient (Wildman–Crippen LogP) is 4.09. The first-order chi connectivity index (χ1) is 15.2. The summed E-state index contributed by atoms with van der Waals surface area (Å²) in [5.41, 5.74) is 1.38. The van der Waals surface area contributed by atoms with Gasteiger partial charge in [0.2, 0.25) is 0 Å². The zero-order chi connectivity index (χ0) is 22.6. The second kappa shape index (κ2) is 7.77. The maximum Gasteiger partial charge on any atom is 0.294 e. The third-order valence-electron chi connectivity index (χ3n) is 6.85. The second-order valence-electron chi connectivity index (χ2n) is 8.91. The Labute approximate surface area is 188 Å². The number of rotatable bonds is 4. The molecule has 5 atom stereocenters. The fourth-order valence-corrected chi connectivity index (χ4v) is 5.64. The van der Waals surface area contributed by atoms with Gasteiger partial charge in [-0.3, -0.25) is 4.90 Å². The highest BCUT2D eigenvalue weighted by atomic mass is 32.1. The van der Waals surface area contributed by atoms with Crippen LogP contribution in [0.3, 0.4) is 0 Å². The van der Waals surface area contributed by atoms with Crippen molar-refractivity contribution in [3.05, 3.63) is 36.2 Å². The molecule has 10 heteroatoms. The van der Waals surface area contributed by atoms with E-state index in [1.54, 1.807) is 23.9 Å². The van der Waals surface area contributed by atoms with Gasteiger partial charge in [-0.1, -0.05) is 16.4 Å². The molecule has 5 unspecified atom stereocenters. The Balaban J connectivity index is 1.33. The SMILES string of the molecule is Cc1ccn(-c2ccc(-c3nnc(OC4CC5C(F)CC(F)C(C)(C4)N5C)s3)c(O)c2)n1. The van der Waals surface area contributed by atoms with Crippen LogP contribution < -0.4 is 4.74 Å². The smallest absolute Gasteiger partial charge is 0.294 e. The average molecular weight is 462 g/mol. The maximum atomic E-state index is 14.7. The number of phenols is 1. The standard InChI is InChI=1S/C22H25F2N5O2S/c1-12-6-7-29(27-12)13-4-5-15(18(30)8-13)20-25-26-21(32-20)31-14-9-17-16(23)10-19(24)22(2,11-14)28(17)3/h4-8,14,16-17,19,30H,9-11H2,1-3H3. The van der Waals surface area contributed by atoms with E-state index in [9.17, 15) is 13.9 Å². The maximum absolute atomic E-state index is 14.7. The van der Waals surface area contributed by atoms with E-state index in [2.05, 4.69) is 15.3 Å². The van der Waals surface area contributed by atoms with Crippen molar-refractivity contribution in [1.29, 1.82) is 0 Å². The Morgan fingerprint density at radius 1 is 1.22 bits per heavy atom. The molecule has 0 amide bonds. The van der Waals surface area contributed by atoms with Crippen LogP contribution in [0.15, 0.2) is 30.5 Å². The Morgan fingerprint density at radius 3 is 2.75 bits per heavy atom. The van der Waals surface area contributed by atoms with Crippen LogP contribution in [0.2, 0.25) is 0 Å². The van der Waals surface area contributed by atoms with Crippen LogP contribution in [0.4, 0.5) is 8.78 Å². The third kappa shape index (κ3) is 3.55. The van der Waals surface area contributed by atoms with Crippen LogP contribution in [0.1, 0.15) is 31.9 Å².